The Morgan fingerprint density at radius 3 is 2.75 bits per heavy atom. The average Bonchev–Trinajstić information content (AvgIpc) is 2.40. The molecule has 6 heteroatoms. The fraction of sp³-hybridized carbons (Fsp3) is 0.500. The van der Waals surface area contributed by atoms with Gasteiger partial charge in [-0.1, -0.05) is 0 Å². The van der Waals surface area contributed by atoms with Crippen molar-refractivity contribution < 1.29 is 10.0 Å². The molecule has 0 saturated carbocycles. The molecule has 0 bridgehead atoms. The Hall–Kier alpha value is -1.43. The zero-order valence-corrected chi connectivity index (χ0v) is 6.73. The van der Waals surface area contributed by atoms with Gasteiger partial charge in [0.05, 0.1) is 0 Å². The van der Waals surface area contributed by atoms with E-state index in [-0.39, 0.29) is 13.2 Å². The Labute approximate surface area is 69.4 Å². The Morgan fingerprint density at radius 2 is 2.42 bits per heavy atom. The standard InChI is InChI=1S/C4H5N3O2.C2H6O/c8-7(9)3-4-1-2-5-6-4;1-2-3/h1-2H,3H2,(H,5,6);3H,2H2,1H3. The number of hydrogen-bond donors (Lipinski definition) is 2. The summed E-state index contributed by atoms with van der Waals surface area (Å²) in [5, 5.41) is 23.4. The monoisotopic (exact) mass is 173 g/mol. The van der Waals surface area contributed by atoms with E-state index >= 15 is 0 Å². The SMILES string of the molecule is CCO.O=[N+]([O-])Cc1ccn[nH]1. The average molecular weight is 173 g/mol. The van der Waals surface area contributed by atoms with Crippen LogP contribution < -0.4 is 0 Å². The third-order valence-corrected chi connectivity index (χ3v) is 0.858. The lowest BCUT2D eigenvalue weighted by molar-refractivity contribution is -0.497. The van der Waals surface area contributed by atoms with Crippen LogP contribution in [0, 0.1) is 10.1 Å². The number of nitro groups is 1. The van der Waals surface area contributed by atoms with E-state index in [0.29, 0.717) is 5.69 Å². The molecule has 68 valence electrons. The molecular formula is C6H11N3O3. The van der Waals surface area contributed by atoms with E-state index in [1.54, 1.807) is 13.0 Å². The quantitative estimate of drug-likeness (QED) is 0.493. The van der Waals surface area contributed by atoms with E-state index in [2.05, 4.69) is 10.2 Å². The number of aliphatic hydroxyl groups is 1. The van der Waals surface area contributed by atoms with E-state index in [1.165, 1.54) is 6.20 Å². The molecule has 6 nitrogen and oxygen atoms in total. The molecule has 0 atom stereocenters. The van der Waals surface area contributed by atoms with Gasteiger partial charge in [-0.2, -0.15) is 5.10 Å². The Balaban J connectivity index is 0.000000354. The number of aromatic amines is 1. The van der Waals surface area contributed by atoms with Gasteiger partial charge in [0.25, 0.3) is 0 Å². The third kappa shape index (κ3) is 5.36. The van der Waals surface area contributed by atoms with E-state index in [1.807, 2.05) is 0 Å². The molecule has 0 fully saturated rings. The summed E-state index contributed by atoms with van der Waals surface area (Å²) < 4.78 is 0. The van der Waals surface area contributed by atoms with Crippen molar-refractivity contribution in [1.29, 1.82) is 0 Å². The van der Waals surface area contributed by atoms with Crippen LogP contribution in [0.2, 0.25) is 0 Å². The van der Waals surface area contributed by atoms with Crippen molar-refractivity contribution in [3.63, 3.8) is 0 Å². The van der Waals surface area contributed by atoms with Gasteiger partial charge in [0, 0.05) is 17.7 Å². The van der Waals surface area contributed by atoms with Crippen LogP contribution in [0.25, 0.3) is 0 Å². The van der Waals surface area contributed by atoms with Gasteiger partial charge in [0.2, 0.25) is 6.54 Å². The van der Waals surface area contributed by atoms with Crippen molar-refractivity contribution in [3.05, 3.63) is 28.1 Å². The number of H-pyrrole nitrogens is 1. The summed E-state index contributed by atoms with van der Waals surface area (Å²) in [6.07, 6.45) is 1.48. The summed E-state index contributed by atoms with van der Waals surface area (Å²) in [4.78, 5) is 9.42. The summed E-state index contributed by atoms with van der Waals surface area (Å²) in [5.74, 6) is 0. The molecule has 0 spiro atoms. The zero-order valence-electron chi connectivity index (χ0n) is 6.73. The minimum absolute atomic E-state index is 0.181. The second kappa shape index (κ2) is 6.29. The van der Waals surface area contributed by atoms with Crippen molar-refractivity contribution in [2.24, 2.45) is 0 Å². The normalized spacial score (nSPS) is 8.50. The first-order valence-electron chi connectivity index (χ1n) is 3.41. The van der Waals surface area contributed by atoms with E-state index in [0.717, 1.165) is 0 Å². The molecule has 0 aliphatic rings. The van der Waals surface area contributed by atoms with Crippen molar-refractivity contribution in [1.82, 2.24) is 10.2 Å². The zero-order chi connectivity index (χ0) is 9.40. The van der Waals surface area contributed by atoms with Gasteiger partial charge < -0.3 is 5.11 Å². The van der Waals surface area contributed by atoms with Gasteiger partial charge in [0.15, 0.2) is 0 Å². The fourth-order valence-corrected chi connectivity index (χ4v) is 0.512. The highest BCUT2D eigenvalue weighted by Gasteiger charge is 1.99. The number of nitrogens with one attached hydrogen (secondary N) is 1. The molecule has 1 rings (SSSR count). The lowest BCUT2D eigenvalue weighted by Crippen LogP contribution is -1.97. The Kier molecular flexibility index (Phi) is 5.54. The number of hydrogen-bond acceptors (Lipinski definition) is 4. The molecule has 1 aromatic rings. The summed E-state index contributed by atoms with van der Waals surface area (Å²) in [6.45, 7) is 1.75. The summed E-state index contributed by atoms with van der Waals surface area (Å²) in [7, 11) is 0. The van der Waals surface area contributed by atoms with Crippen molar-refractivity contribution in [2.45, 2.75) is 13.5 Å². The number of nitrogens with zero attached hydrogens (tertiary/aromatic N) is 2. The van der Waals surface area contributed by atoms with E-state index in [4.69, 9.17) is 5.11 Å². The van der Waals surface area contributed by atoms with Gasteiger partial charge in [0.1, 0.15) is 5.69 Å². The molecule has 1 aromatic heterocycles. The molecule has 0 aliphatic carbocycles. The lowest BCUT2D eigenvalue weighted by atomic mass is 10.4. The smallest absolute Gasteiger partial charge is 0.244 e. The summed E-state index contributed by atoms with van der Waals surface area (Å²) in [5.41, 5.74) is 0.528. The molecule has 1 heterocycles. The van der Waals surface area contributed by atoms with Gasteiger partial charge in [-0.15, -0.1) is 0 Å². The Bertz CT molecular complexity index is 210. The molecular weight excluding hydrogens is 162 g/mol. The van der Waals surface area contributed by atoms with E-state index in [9.17, 15) is 10.1 Å². The number of rotatable bonds is 2. The van der Waals surface area contributed by atoms with Gasteiger partial charge in [-0.25, -0.2) is 0 Å². The minimum Gasteiger partial charge on any atom is -0.397 e. The molecule has 0 saturated heterocycles. The summed E-state index contributed by atoms with van der Waals surface area (Å²) in [6, 6.07) is 1.57. The van der Waals surface area contributed by atoms with Crippen molar-refractivity contribution >= 4 is 0 Å². The predicted octanol–water partition coefficient (Wildman–Crippen LogP) is 0.185. The second-order valence-corrected chi connectivity index (χ2v) is 1.89. The molecule has 0 amide bonds. The third-order valence-electron chi connectivity index (χ3n) is 0.858. The number of aliphatic hydroxyl groups excluding tert-OH is 1. The highest BCUT2D eigenvalue weighted by Crippen LogP contribution is 1.91. The highest BCUT2D eigenvalue weighted by atomic mass is 16.6. The van der Waals surface area contributed by atoms with Crippen LogP contribution in [0.3, 0.4) is 0 Å². The van der Waals surface area contributed by atoms with Gasteiger partial charge in [-0.3, -0.25) is 15.2 Å². The number of aromatic nitrogens is 2. The molecule has 0 aliphatic heterocycles. The first kappa shape index (κ1) is 10.6. The van der Waals surface area contributed by atoms with Crippen LogP contribution in [-0.4, -0.2) is 26.8 Å². The minimum atomic E-state index is -0.409. The molecule has 12 heavy (non-hydrogen) atoms. The summed E-state index contributed by atoms with van der Waals surface area (Å²) >= 11 is 0. The van der Waals surface area contributed by atoms with Crippen LogP contribution in [0.4, 0.5) is 0 Å². The maximum atomic E-state index is 9.82. The largest absolute Gasteiger partial charge is 0.397 e. The predicted molar refractivity (Wildman–Crippen MR) is 42.0 cm³/mol. The molecule has 0 radical (unpaired) electrons. The maximum Gasteiger partial charge on any atom is 0.244 e. The van der Waals surface area contributed by atoms with Crippen molar-refractivity contribution in [3.8, 4) is 0 Å². The maximum absolute atomic E-state index is 9.82. The van der Waals surface area contributed by atoms with Crippen molar-refractivity contribution in [2.75, 3.05) is 6.61 Å². The second-order valence-electron chi connectivity index (χ2n) is 1.89. The van der Waals surface area contributed by atoms with Gasteiger partial charge >= 0.3 is 0 Å². The van der Waals surface area contributed by atoms with Crippen LogP contribution in [0.5, 0.6) is 0 Å². The Morgan fingerprint density at radius 1 is 1.83 bits per heavy atom. The topological polar surface area (TPSA) is 92.0 Å². The highest BCUT2D eigenvalue weighted by molar-refractivity contribution is 4.94. The lowest BCUT2D eigenvalue weighted by Gasteiger charge is -1.84. The van der Waals surface area contributed by atoms with Crippen LogP contribution in [0.1, 0.15) is 12.6 Å². The fourth-order valence-electron chi connectivity index (χ4n) is 0.512. The van der Waals surface area contributed by atoms with E-state index < -0.39 is 4.92 Å². The molecule has 0 aromatic carbocycles. The molecule has 2 N–H and O–H groups in total. The first-order chi connectivity index (χ1) is 5.70. The van der Waals surface area contributed by atoms with Gasteiger partial charge in [-0.05, 0) is 13.0 Å². The van der Waals surface area contributed by atoms with Crippen LogP contribution in [0.15, 0.2) is 12.3 Å². The van der Waals surface area contributed by atoms with Crippen LogP contribution >= 0.6 is 0 Å². The molecule has 0 unspecified atom stereocenters. The van der Waals surface area contributed by atoms with Crippen LogP contribution in [-0.2, 0) is 6.54 Å². The first-order valence-corrected chi connectivity index (χ1v) is 3.41.